The number of thioether (sulfide) groups is 2. The number of halogens is 1. The summed E-state index contributed by atoms with van der Waals surface area (Å²) in [5.74, 6) is 2.14. The third-order valence-electron chi connectivity index (χ3n) is 3.26. The molecule has 0 bridgehead atoms. The molecule has 1 aliphatic rings. The number of rotatable bonds is 5. The second-order valence-electron chi connectivity index (χ2n) is 4.78. The largest absolute Gasteiger partial charge is 0.309 e. The van der Waals surface area contributed by atoms with Gasteiger partial charge < -0.3 is 5.32 Å². The average Bonchev–Trinajstić information content (AvgIpc) is 2.41. The minimum Gasteiger partial charge on any atom is -0.309 e. The molecule has 1 N–H and O–H groups in total. The molecule has 3 unspecified atom stereocenters. The summed E-state index contributed by atoms with van der Waals surface area (Å²) in [4.78, 5) is 4.00. The van der Waals surface area contributed by atoms with E-state index in [1.807, 2.05) is 23.5 Å². The van der Waals surface area contributed by atoms with Gasteiger partial charge in [-0.3, -0.25) is 4.98 Å². The first kappa shape index (κ1) is 15.1. The minimum absolute atomic E-state index is 0.191. The van der Waals surface area contributed by atoms with Crippen molar-refractivity contribution in [2.24, 2.45) is 0 Å². The van der Waals surface area contributed by atoms with E-state index in [2.05, 4.69) is 24.1 Å². The van der Waals surface area contributed by atoms with Crippen LogP contribution in [0.25, 0.3) is 0 Å². The Bertz CT molecular complexity index is 403. The predicted molar refractivity (Wildman–Crippen MR) is 83.4 cm³/mol. The summed E-state index contributed by atoms with van der Waals surface area (Å²) in [6.45, 7) is 5.38. The van der Waals surface area contributed by atoms with Crippen molar-refractivity contribution in [2.45, 2.75) is 36.8 Å². The second-order valence-corrected chi connectivity index (χ2v) is 7.55. The Hall–Kier alpha value is -0.260. The van der Waals surface area contributed by atoms with Crippen molar-refractivity contribution in [3.8, 4) is 0 Å². The Morgan fingerprint density at radius 2 is 2.21 bits per heavy atom. The van der Waals surface area contributed by atoms with Crippen molar-refractivity contribution in [1.29, 1.82) is 0 Å². The molecule has 106 valence electrons. The van der Waals surface area contributed by atoms with Gasteiger partial charge in [-0.15, -0.1) is 0 Å². The maximum Gasteiger partial charge on any atom is 0.141 e. The fourth-order valence-corrected chi connectivity index (χ4v) is 5.29. The van der Waals surface area contributed by atoms with Crippen LogP contribution in [0.15, 0.2) is 18.5 Å². The van der Waals surface area contributed by atoms with Crippen LogP contribution in [0.3, 0.4) is 0 Å². The molecular weight excluding hydrogens is 279 g/mol. The molecule has 1 saturated heterocycles. The number of hydrogen-bond acceptors (Lipinski definition) is 4. The number of nitrogens with zero attached hydrogens (tertiary/aromatic N) is 1. The first-order valence-corrected chi connectivity index (χ1v) is 8.89. The van der Waals surface area contributed by atoms with Crippen molar-refractivity contribution in [2.75, 3.05) is 18.1 Å². The molecule has 1 aromatic heterocycles. The number of nitrogens with one attached hydrogen (secondary N) is 1. The molecule has 2 rings (SSSR count). The zero-order chi connectivity index (χ0) is 13.7. The Balaban J connectivity index is 2.19. The van der Waals surface area contributed by atoms with Crippen molar-refractivity contribution in [3.63, 3.8) is 0 Å². The van der Waals surface area contributed by atoms with E-state index in [0.29, 0.717) is 10.5 Å². The zero-order valence-electron chi connectivity index (χ0n) is 11.4. The molecule has 1 fully saturated rings. The van der Waals surface area contributed by atoms with Crippen LogP contribution in [0.2, 0.25) is 0 Å². The van der Waals surface area contributed by atoms with Gasteiger partial charge in [0.2, 0.25) is 0 Å². The molecule has 3 atom stereocenters. The molecule has 1 aliphatic heterocycles. The quantitative estimate of drug-likeness (QED) is 0.899. The van der Waals surface area contributed by atoms with E-state index >= 15 is 0 Å². The van der Waals surface area contributed by atoms with Gasteiger partial charge in [-0.2, -0.15) is 23.5 Å². The van der Waals surface area contributed by atoms with Crippen LogP contribution in [-0.2, 0) is 0 Å². The van der Waals surface area contributed by atoms with Gasteiger partial charge in [0.25, 0.3) is 0 Å². The molecule has 19 heavy (non-hydrogen) atoms. The topological polar surface area (TPSA) is 24.9 Å². The fraction of sp³-hybridized carbons (Fsp3) is 0.643. The molecule has 2 nitrogen and oxygen atoms in total. The lowest BCUT2D eigenvalue weighted by Crippen LogP contribution is -2.38. The van der Waals surface area contributed by atoms with Gasteiger partial charge in [-0.1, -0.05) is 13.8 Å². The van der Waals surface area contributed by atoms with E-state index in [1.165, 1.54) is 17.7 Å². The van der Waals surface area contributed by atoms with Gasteiger partial charge in [-0.05, 0) is 24.6 Å². The highest BCUT2D eigenvalue weighted by molar-refractivity contribution is 8.07. The summed E-state index contributed by atoms with van der Waals surface area (Å²) in [6, 6.07) is 1.81. The van der Waals surface area contributed by atoms with Gasteiger partial charge in [-0.25, -0.2) is 4.39 Å². The summed E-state index contributed by atoms with van der Waals surface area (Å²) in [5.41, 5.74) is 0.973. The molecule has 0 spiro atoms. The smallest absolute Gasteiger partial charge is 0.141 e. The van der Waals surface area contributed by atoms with Gasteiger partial charge in [0.05, 0.1) is 6.20 Å². The molecule has 0 amide bonds. The van der Waals surface area contributed by atoms with E-state index in [0.717, 1.165) is 18.5 Å². The highest BCUT2D eigenvalue weighted by atomic mass is 32.2. The molecule has 1 aromatic rings. The summed E-state index contributed by atoms with van der Waals surface area (Å²) in [6.07, 6.45) is 4.15. The lowest BCUT2D eigenvalue weighted by atomic mass is 10.0. The van der Waals surface area contributed by atoms with E-state index < -0.39 is 0 Å². The van der Waals surface area contributed by atoms with Crippen LogP contribution in [0, 0.1) is 5.82 Å². The molecule has 0 radical (unpaired) electrons. The maximum atomic E-state index is 13.4. The third kappa shape index (κ3) is 4.10. The SMILES string of the molecule is CCCNC(c1cncc(F)c1)C1SCCSC1C. The molecule has 2 heterocycles. The molecule has 0 saturated carbocycles. The van der Waals surface area contributed by atoms with Crippen molar-refractivity contribution in [3.05, 3.63) is 29.8 Å². The van der Waals surface area contributed by atoms with Crippen molar-refractivity contribution < 1.29 is 4.39 Å². The Morgan fingerprint density at radius 1 is 1.42 bits per heavy atom. The van der Waals surface area contributed by atoms with E-state index in [9.17, 15) is 4.39 Å². The summed E-state index contributed by atoms with van der Waals surface area (Å²) in [7, 11) is 0. The van der Waals surface area contributed by atoms with E-state index in [-0.39, 0.29) is 11.9 Å². The number of hydrogen-bond donors (Lipinski definition) is 1. The van der Waals surface area contributed by atoms with E-state index in [4.69, 9.17) is 0 Å². The summed E-state index contributed by atoms with van der Waals surface area (Å²) in [5, 5.41) is 4.63. The number of pyridine rings is 1. The fourth-order valence-electron chi connectivity index (χ4n) is 2.34. The van der Waals surface area contributed by atoms with Crippen LogP contribution in [-0.4, -0.2) is 33.5 Å². The molecule has 0 aromatic carbocycles. The van der Waals surface area contributed by atoms with Gasteiger partial charge in [0, 0.05) is 34.2 Å². The van der Waals surface area contributed by atoms with Crippen LogP contribution < -0.4 is 5.32 Å². The van der Waals surface area contributed by atoms with Crippen LogP contribution >= 0.6 is 23.5 Å². The minimum atomic E-state index is -0.248. The van der Waals surface area contributed by atoms with Gasteiger partial charge in [0.1, 0.15) is 5.82 Å². The normalized spacial score (nSPS) is 25.2. The lowest BCUT2D eigenvalue weighted by Gasteiger charge is -2.35. The first-order valence-electron chi connectivity index (χ1n) is 6.79. The Labute approximate surface area is 123 Å². The van der Waals surface area contributed by atoms with Crippen LogP contribution in [0.4, 0.5) is 4.39 Å². The molecule has 0 aliphatic carbocycles. The summed E-state index contributed by atoms with van der Waals surface area (Å²) >= 11 is 4.01. The van der Waals surface area contributed by atoms with Crippen molar-refractivity contribution in [1.82, 2.24) is 10.3 Å². The Kier molecular flexibility index (Phi) is 5.98. The third-order valence-corrected chi connectivity index (χ3v) is 6.46. The Morgan fingerprint density at radius 3 is 2.89 bits per heavy atom. The van der Waals surface area contributed by atoms with Crippen LogP contribution in [0.5, 0.6) is 0 Å². The van der Waals surface area contributed by atoms with E-state index in [1.54, 1.807) is 12.3 Å². The predicted octanol–water partition coefficient (Wildman–Crippen LogP) is 3.50. The first-order chi connectivity index (χ1) is 9.22. The number of aromatic nitrogens is 1. The second kappa shape index (κ2) is 7.50. The summed E-state index contributed by atoms with van der Waals surface area (Å²) < 4.78 is 13.4. The average molecular weight is 300 g/mol. The maximum absolute atomic E-state index is 13.4. The zero-order valence-corrected chi connectivity index (χ0v) is 13.1. The van der Waals surface area contributed by atoms with Gasteiger partial charge in [0.15, 0.2) is 0 Å². The lowest BCUT2D eigenvalue weighted by molar-refractivity contribution is 0.503. The molecule has 5 heteroatoms. The monoisotopic (exact) mass is 300 g/mol. The standard InChI is InChI=1S/C14H21FN2S2/c1-3-4-17-13(11-7-12(15)9-16-8-11)14-10(2)18-5-6-19-14/h7-10,13-14,17H,3-6H2,1-2H3. The van der Waals surface area contributed by atoms with Crippen molar-refractivity contribution >= 4 is 23.5 Å². The highest BCUT2D eigenvalue weighted by Gasteiger charge is 2.31. The van der Waals surface area contributed by atoms with Gasteiger partial charge >= 0.3 is 0 Å². The molecular formula is C14H21FN2S2. The highest BCUT2D eigenvalue weighted by Crippen LogP contribution is 2.38. The van der Waals surface area contributed by atoms with Crippen LogP contribution in [0.1, 0.15) is 31.9 Å².